The van der Waals surface area contributed by atoms with Gasteiger partial charge in [0.05, 0.1) is 0 Å². The summed E-state index contributed by atoms with van der Waals surface area (Å²) >= 11 is 0. The molecule has 0 saturated heterocycles. The number of rotatable bonds is 2. The van der Waals surface area contributed by atoms with Crippen LogP contribution in [0.1, 0.15) is 27.0 Å². The van der Waals surface area contributed by atoms with Crippen LogP contribution in [-0.4, -0.2) is 5.91 Å². The Kier molecular flexibility index (Phi) is 3.47. The maximum Gasteiger partial charge on any atom is 0.255 e. The highest BCUT2D eigenvalue weighted by Gasteiger charge is 2.07. The quantitative estimate of drug-likeness (QED) is 0.847. The first-order valence-corrected chi connectivity index (χ1v) is 6.01. The van der Waals surface area contributed by atoms with E-state index in [-0.39, 0.29) is 5.91 Å². The summed E-state index contributed by atoms with van der Waals surface area (Å²) < 4.78 is 0. The van der Waals surface area contributed by atoms with Gasteiger partial charge in [0.2, 0.25) is 0 Å². The molecule has 0 heterocycles. The van der Waals surface area contributed by atoms with Gasteiger partial charge in [-0.15, -0.1) is 0 Å². The molecule has 0 aromatic heterocycles. The van der Waals surface area contributed by atoms with Gasteiger partial charge in [-0.2, -0.15) is 0 Å². The van der Waals surface area contributed by atoms with E-state index in [1.165, 1.54) is 0 Å². The Balaban J connectivity index is 2.24. The molecular weight excluding hydrogens is 222 g/mol. The van der Waals surface area contributed by atoms with Crippen LogP contribution in [-0.2, 0) is 0 Å². The molecule has 18 heavy (non-hydrogen) atoms. The lowest BCUT2D eigenvalue weighted by Crippen LogP contribution is -2.12. The molecule has 0 atom stereocenters. The summed E-state index contributed by atoms with van der Waals surface area (Å²) in [7, 11) is 0. The topological polar surface area (TPSA) is 29.1 Å². The minimum absolute atomic E-state index is 0.0626. The predicted octanol–water partition coefficient (Wildman–Crippen LogP) is 3.86. The highest BCUT2D eigenvalue weighted by atomic mass is 16.1. The number of nitrogens with one attached hydrogen (secondary N) is 1. The second kappa shape index (κ2) is 5.05. The summed E-state index contributed by atoms with van der Waals surface area (Å²) in [5.74, 6) is -0.0626. The van der Waals surface area contributed by atoms with Crippen LogP contribution in [0.5, 0.6) is 0 Å². The number of benzene rings is 2. The monoisotopic (exact) mass is 239 g/mol. The average molecular weight is 239 g/mol. The number of amides is 1. The molecule has 0 bridgehead atoms. The second-order valence-corrected chi connectivity index (χ2v) is 4.64. The largest absolute Gasteiger partial charge is 0.322 e. The third kappa shape index (κ3) is 2.77. The van der Waals surface area contributed by atoms with Crippen LogP contribution in [0.3, 0.4) is 0 Å². The number of hydrogen-bond acceptors (Lipinski definition) is 1. The molecule has 0 fully saturated rings. The van der Waals surface area contributed by atoms with E-state index >= 15 is 0 Å². The molecule has 0 saturated carbocycles. The molecule has 0 aliphatic carbocycles. The maximum absolute atomic E-state index is 12.1. The zero-order valence-corrected chi connectivity index (χ0v) is 10.9. The van der Waals surface area contributed by atoms with Gasteiger partial charge >= 0.3 is 0 Å². The number of carbonyl (C=O) groups excluding carboxylic acids is 1. The summed E-state index contributed by atoms with van der Waals surface area (Å²) in [6.45, 7) is 5.99. The van der Waals surface area contributed by atoms with E-state index in [2.05, 4.69) is 5.32 Å². The van der Waals surface area contributed by atoms with Crippen molar-refractivity contribution in [2.45, 2.75) is 20.8 Å². The van der Waals surface area contributed by atoms with Crippen LogP contribution in [0, 0.1) is 20.8 Å². The summed E-state index contributed by atoms with van der Waals surface area (Å²) in [6.07, 6.45) is 0. The van der Waals surface area contributed by atoms with Crippen molar-refractivity contribution < 1.29 is 4.79 Å². The van der Waals surface area contributed by atoms with E-state index in [1.54, 1.807) is 0 Å². The van der Waals surface area contributed by atoms with Crippen molar-refractivity contribution in [3.8, 4) is 0 Å². The van der Waals surface area contributed by atoms with Crippen molar-refractivity contribution in [1.29, 1.82) is 0 Å². The zero-order valence-electron chi connectivity index (χ0n) is 10.9. The number of aryl methyl sites for hydroxylation is 3. The van der Waals surface area contributed by atoms with Crippen LogP contribution in [0.4, 0.5) is 5.69 Å². The van der Waals surface area contributed by atoms with Gasteiger partial charge in [-0.25, -0.2) is 0 Å². The van der Waals surface area contributed by atoms with Crippen molar-refractivity contribution >= 4 is 11.6 Å². The third-order valence-corrected chi connectivity index (χ3v) is 2.92. The van der Waals surface area contributed by atoms with E-state index in [1.807, 2.05) is 63.2 Å². The van der Waals surface area contributed by atoms with Gasteiger partial charge in [0.1, 0.15) is 0 Å². The Labute approximate surface area is 108 Å². The molecule has 1 amide bonds. The lowest BCUT2D eigenvalue weighted by Gasteiger charge is -2.09. The first-order chi connectivity index (χ1) is 8.56. The predicted molar refractivity (Wildman–Crippen MR) is 75.0 cm³/mol. The normalized spacial score (nSPS) is 10.2. The minimum atomic E-state index is -0.0626. The Morgan fingerprint density at radius 2 is 1.67 bits per heavy atom. The molecule has 2 aromatic rings. The molecule has 2 nitrogen and oxygen atoms in total. The fourth-order valence-corrected chi connectivity index (χ4v) is 1.85. The average Bonchev–Trinajstić information content (AvgIpc) is 2.34. The first kappa shape index (κ1) is 12.4. The van der Waals surface area contributed by atoms with Crippen molar-refractivity contribution in [3.63, 3.8) is 0 Å². The Morgan fingerprint density at radius 1 is 0.944 bits per heavy atom. The van der Waals surface area contributed by atoms with E-state index in [9.17, 15) is 4.79 Å². The second-order valence-electron chi connectivity index (χ2n) is 4.64. The van der Waals surface area contributed by atoms with E-state index in [4.69, 9.17) is 0 Å². The number of hydrogen-bond donors (Lipinski definition) is 1. The van der Waals surface area contributed by atoms with Gasteiger partial charge in [-0.05, 0) is 50.1 Å². The van der Waals surface area contributed by atoms with Crippen molar-refractivity contribution in [2.75, 3.05) is 5.32 Å². The molecule has 2 heteroatoms. The smallest absolute Gasteiger partial charge is 0.255 e. The van der Waals surface area contributed by atoms with Gasteiger partial charge in [0, 0.05) is 11.3 Å². The summed E-state index contributed by atoms with van der Waals surface area (Å²) in [5, 5.41) is 2.96. The zero-order chi connectivity index (χ0) is 13.1. The molecule has 92 valence electrons. The molecule has 2 rings (SSSR count). The lowest BCUT2D eigenvalue weighted by molar-refractivity contribution is 0.102. The van der Waals surface area contributed by atoms with Gasteiger partial charge in [0.15, 0.2) is 0 Å². The summed E-state index contributed by atoms with van der Waals surface area (Å²) in [6, 6.07) is 13.6. The van der Waals surface area contributed by atoms with Gasteiger partial charge in [0.25, 0.3) is 5.91 Å². The molecule has 0 aliphatic rings. The molecule has 2 aromatic carbocycles. The van der Waals surface area contributed by atoms with Crippen molar-refractivity contribution in [3.05, 3.63) is 64.7 Å². The standard InChI is InChI=1S/C16H17NO/c1-11-5-4-6-14(9-11)16(18)17-15-10-12(2)7-8-13(15)3/h4-10H,1-3H3,(H,17,18). The molecule has 0 unspecified atom stereocenters. The molecular formula is C16H17NO. The summed E-state index contributed by atoms with van der Waals surface area (Å²) in [5.41, 5.74) is 4.86. The van der Waals surface area contributed by atoms with Gasteiger partial charge in [-0.3, -0.25) is 4.79 Å². The highest BCUT2D eigenvalue weighted by molar-refractivity contribution is 6.04. The fourth-order valence-electron chi connectivity index (χ4n) is 1.85. The minimum Gasteiger partial charge on any atom is -0.322 e. The van der Waals surface area contributed by atoms with Crippen molar-refractivity contribution in [2.24, 2.45) is 0 Å². The van der Waals surface area contributed by atoms with Crippen LogP contribution in [0.15, 0.2) is 42.5 Å². The van der Waals surface area contributed by atoms with Crippen LogP contribution in [0.25, 0.3) is 0 Å². The molecule has 0 radical (unpaired) electrons. The van der Waals surface area contributed by atoms with E-state index in [0.29, 0.717) is 5.56 Å². The van der Waals surface area contributed by atoms with Crippen LogP contribution < -0.4 is 5.32 Å². The number of anilines is 1. The molecule has 1 N–H and O–H groups in total. The molecule has 0 spiro atoms. The summed E-state index contributed by atoms with van der Waals surface area (Å²) in [4.78, 5) is 12.1. The highest BCUT2D eigenvalue weighted by Crippen LogP contribution is 2.17. The van der Waals surface area contributed by atoms with Crippen molar-refractivity contribution in [1.82, 2.24) is 0 Å². The van der Waals surface area contributed by atoms with E-state index < -0.39 is 0 Å². The van der Waals surface area contributed by atoms with Gasteiger partial charge in [-0.1, -0.05) is 29.8 Å². The Bertz CT molecular complexity index is 587. The Morgan fingerprint density at radius 3 is 2.39 bits per heavy atom. The lowest BCUT2D eigenvalue weighted by atomic mass is 10.1. The third-order valence-electron chi connectivity index (χ3n) is 2.92. The van der Waals surface area contributed by atoms with E-state index in [0.717, 1.165) is 22.4 Å². The van der Waals surface area contributed by atoms with Crippen LogP contribution in [0.2, 0.25) is 0 Å². The maximum atomic E-state index is 12.1. The number of carbonyl (C=O) groups is 1. The fraction of sp³-hybridized carbons (Fsp3) is 0.188. The SMILES string of the molecule is Cc1cccc(C(=O)Nc2cc(C)ccc2C)c1. The first-order valence-electron chi connectivity index (χ1n) is 6.01. The molecule has 0 aliphatic heterocycles. The van der Waals surface area contributed by atoms with Gasteiger partial charge < -0.3 is 5.32 Å². The Hall–Kier alpha value is -2.09. The van der Waals surface area contributed by atoms with Crippen LogP contribution >= 0.6 is 0 Å².